The standard InChI is InChI=1S/C17H14N6O3/c1-23-15(16(24)25)8-14(22-23)13-3-4-19-17(21-13)20-11-5-10(9-18)6-12(7-11)26-2/h3-8H,1-2H3,(H,24,25)(H,19,20,21). The predicted molar refractivity (Wildman–Crippen MR) is 92.2 cm³/mol. The van der Waals surface area contributed by atoms with Gasteiger partial charge >= 0.3 is 5.97 Å². The van der Waals surface area contributed by atoms with Crippen LogP contribution < -0.4 is 10.1 Å². The Balaban J connectivity index is 1.92. The van der Waals surface area contributed by atoms with Gasteiger partial charge in [0.1, 0.15) is 17.1 Å². The van der Waals surface area contributed by atoms with Crippen LogP contribution in [0.25, 0.3) is 11.4 Å². The van der Waals surface area contributed by atoms with Crippen molar-refractivity contribution < 1.29 is 14.6 Å². The molecule has 0 atom stereocenters. The van der Waals surface area contributed by atoms with Gasteiger partial charge in [-0.25, -0.2) is 14.8 Å². The lowest BCUT2D eigenvalue weighted by molar-refractivity contribution is 0.0685. The van der Waals surface area contributed by atoms with Crippen molar-refractivity contribution in [1.29, 1.82) is 5.26 Å². The number of benzene rings is 1. The minimum atomic E-state index is -1.07. The van der Waals surface area contributed by atoms with Gasteiger partial charge in [-0.3, -0.25) is 4.68 Å². The van der Waals surface area contributed by atoms with E-state index in [2.05, 4.69) is 26.5 Å². The second-order valence-electron chi connectivity index (χ2n) is 5.30. The Labute approximate surface area is 148 Å². The molecular formula is C17H14N6O3. The summed E-state index contributed by atoms with van der Waals surface area (Å²) >= 11 is 0. The average molecular weight is 350 g/mol. The largest absolute Gasteiger partial charge is 0.497 e. The highest BCUT2D eigenvalue weighted by molar-refractivity contribution is 5.87. The maximum absolute atomic E-state index is 11.2. The molecule has 9 nitrogen and oxygen atoms in total. The van der Waals surface area contributed by atoms with E-state index in [-0.39, 0.29) is 11.6 Å². The molecule has 0 radical (unpaired) electrons. The molecule has 9 heteroatoms. The zero-order valence-corrected chi connectivity index (χ0v) is 14.0. The molecule has 26 heavy (non-hydrogen) atoms. The molecule has 3 aromatic rings. The first-order valence-electron chi connectivity index (χ1n) is 7.47. The molecular weight excluding hydrogens is 336 g/mol. The van der Waals surface area contributed by atoms with E-state index >= 15 is 0 Å². The molecule has 2 heterocycles. The van der Waals surface area contributed by atoms with Crippen molar-refractivity contribution in [2.24, 2.45) is 7.05 Å². The summed E-state index contributed by atoms with van der Waals surface area (Å²) in [5, 5.41) is 25.4. The van der Waals surface area contributed by atoms with Gasteiger partial charge in [0, 0.05) is 31.1 Å². The molecule has 1 aromatic carbocycles. The lowest BCUT2D eigenvalue weighted by atomic mass is 10.2. The van der Waals surface area contributed by atoms with Crippen LogP contribution in [-0.2, 0) is 7.05 Å². The van der Waals surface area contributed by atoms with Gasteiger partial charge in [-0.2, -0.15) is 10.4 Å². The van der Waals surface area contributed by atoms with Crippen LogP contribution in [0.2, 0.25) is 0 Å². The summed E-state index contributed by atoms with van der Waals surface area (Å²) in [4.78, 5) is 19.6. The first kappa shape index (κ1) is 16.9. The molecule has 0 fully saturated rings. The van der Waals surface area contributed by atoms with Gasteiger partial charge in [-0.1, -0.05) is 0 Å². The molecule has 0 amide bonds. The van der Waals surface area contributed by atoms with Crippen molar-refractivity contribution >= 4 is 17.6 Å². The van der Waals surface area contributed by atoms with Crippen LogP contribution in [-0.4, -0.2) is 37.9 Å². The number of nitriles is 1. The van der Waals surface area contributed by atoms with E-state index in [9.17, 15) is 4.79 Å². The summed E-state index contributed by atoms with van der Waals surface area (Å²) in [5.74, 6) is -0.264. The fourth-order valence-electron chi connectivity index (χ4n) is 2.34. The van der Waals surface area contributed by atoms with Gasteiger partial charge in [0.2, 0.25) is 5.95 Å². The van der Waals surface area contributed by atoms with E-state index in [0.29, 0.717) is 28.4 Å². The molecule has 2 N–H and O–H groups in total. The van der Waals surface area contributed by atoms with Crippen LogP contribution in [0.5, 0.6) is 5.75 Å². The summed E-state index contributed by atoms with van der Waals surface area (Å²) in [5.41, 5.74) is 1.96. The van der Waals surface area contributed by atoms with Crippen molar-refractivity contribution in [3.8, 4) is 23.2 Å². The number of methoxy groups -OCH3 is 1. The second-order valence-corrected chi connectivity index (χ2v) is 5.30. The third kappa shape index (κ3) is 3.44. The second kappa shape index (κ2) is 6.90. The van der Waals surface area contributed by atoms with E-state index in [1.54, 1.807) is 31.3 Å². The number of hydrogen-bond acceptors (Lipinski definition) is 7. The van der Waals surface area contributed by atoms with Crippen molar-refractivity contribution in [2.75, 3.05) is 12.4 Å². The van der Waals surface area contributed by atoms with Crippen molar-refractivity contribution in [3.63, 3.8) is 0 Å². The molecule has 0 aliphatic carbocycles. The Kier molecular flexibility index (Phi) is 4.49. The molecule has 0 aliphatic rings. The molecule has 0 spiro atoms. The van der Waals surface area contributed by atoms with Gasteiger partial charge in [-0.05, 0) is 18.2 Å². The maximum Gasteiger partial charge on any atom is 0.354 e. The summed E-state index contributed by atoms with van der Waals surface area (Å²) in [6.07, 6.45) is 1.53. The SMILES string of the molecule is COc1cc(C#N)cc(Nc2nccc(-c3cc(C(=O)O)n(C)n3)n2)c1. The number of carboxylic acid groups (broad SMARTS) is 1. The van der Waals surface area contributed by atoms with Crippen LogP contribution in [0.15, 0.2) is 36.5 Å². The third-order valence-electron chi connectivity index (χ3n) is 3.54. The number of anilines is 2. The molecule has 2 aromatic heterocycles. The molecule has 0 saturated heterocycles. The zero-order chi connectivity index (χ0) is 18.7. The van der Waals surface area contributed by atoms with E-state index in [1.807, 2.05) is 0 Å². The number of rotatable bonds is 5. The Morgan fingerprint density at radius 2 is 2.12 bits per heavy atom. The number of hydrogen-bond donors (Lipinski definition) is 2. The topological polar surface area (TPSA) is 126 Å². The smallest absolute Gasteiger partial charge is 0.354 e. The normalized spacial score (nSPS) is 10.2. The number of carboxylic acids is 1. The zero-order valence-electron chi connectivity index (χ0n) is 14.0. The number of ether oxygens (including phenoxy) is 1. The van der Waals surface area contributed by atoms with E-state index in [0.717, 1.165) is 0 Å². The van der Waals surface area contributed by atoms with Gasteiger partial charge < -0.3 is 15.2 Å². The summed E-state index contributed by atoms with van der Waals surface area (Å²) in [7, 11) is 3.06. The predicted octanol–water partition coefficient (Wildman–Crippen LogP) is 2.20. The average Bonchev–Trinajstić information content (AvgIpc) is 3.03. The van der Waals surface area contributed by atoms with Crippen LogP contribution >= 0.6 is 0 Å². The lowest BCUT2D eigenvalue weighted by Gasteiger charge is -2.08. The van der Waals surface area contributed by atoms with Crippen LogP contribution in [0.1, 0.15) is 16.1 Å². The lowest BCUT2D eigenvalue weighted by Crippen LogP contribution is -2.04. The van der Waals surface area contributed by atoms with Crippen LogP contribution in [0.4, 0.5) is 11.6 Å². The number of aryl methyl sites for hydroxylation is 1. The number of aromatic nitrogens is 4. The molecule has 0 bridgehead atoms. The summed E-state index contributed by atoms with van der Waals surface area (Å²) in [6.45, 7) is 0. The van der Waals surface area contributed by atoms with Gasteiger partial charge in [0.25, 0.3) is 0 Å². The maximum atomic E-state index is 11.2. The molecule has 0 saturated carbocycles. The highest BCUT2D eigenvalue weighted by Gasteiger charge is 2.14. The summed E-state index contributed by atoms with van der Waals surface area (Å²) < 4.78 is 6.44. The van der Waals surface area contributed by atoms with Gasteiger partial charge in [0.05, 0.1) is 24.4 Å². The van der Waals surface area contributed by atoms with Crippen molar-refractivity contribution in [1.82, 2.24) is 19.7 Å². The number of aromatic carboxylic acids is 1. The van der Waals surface area contributed by atoms with Gasteiger partial charge in [0.15, 0.2) is 0 Å². The minimum absolute atomic E-state index is 0.0552. The number of nitrogens with one attached hydrogen (secondary N) is 1. The number of carbonyl (C=O) groups is 1. The Bertz CT molecular complexity index is 1020. The minimum Gasteiger partial charge on any atom is -0.497 e. The fraction of sp³-hybridized carbons (Fsp3) is 0.118. The monoisotopic (exact) mass is 350 g/mol. The number of nitrogens with zero attached hydrogens (tertiary/aromatic N) is 5. The first-order chi connectivity index (χ1) is 12.5. The highest BCUT2D eigenvalue weighted by atomic mass is 16.5. The van der Waals surface area contributed by atoms with E-state index in [4.69, 9.17) is 15.1 Å². The Morgan fingerprint density at radius 3 is 2.77 bits per heavy atom. The van der Waals surface area contributed by atoms with Gasteiger partial charge in [-0.15, -0.1) is 0 Å². The quantitative estimate of drug-likeness (QED) is 0.717. The molecule has 0 aliphatic heterocycles. The summed E-state index contributed by atoms with van der Waals surface area (Å²) in [6, 6.07) is 10.1. The first-order valence-corrected chi connectivity index (χ1v) is 7.47. The Morgan fingerprint density at radius 1 is 1.31 bits per heavy atom. The van der Waals surface area contributed by atoms with E-state index < -0.39 is 5.97 Å². The van der Waals surface area contributed by atoms with Crippen LogP contribution in [0, 0.1) is 11.3 Å². The highest BCUT2D eigenvalue weighted by Crippen LogP contribution is 2.24. The third-order valence-corrected chi connectivity index (χ3v) is 3.54. The molecule has 0 unspecified atom stereocenters. The van der Waals surface area contributed by atoms with Crippen molar-refractivity contribution in [2.45, 2.75) is 0 Å². The Hall–Kier alpha value is -3.93. The van der Waals surface area contributed by atoms with Crippen LogP contribution in [0.3, 0.4) is 0 Å². The fourth-order valence-corrected chi connectivity index (χ4v) is 2.34. The van der Waals surface area contributed by atoms with Crippen molar-refractivity contribution in [3.05, 3.63) is 47.8 Å². The van der Waals surface area contributed by atoms with E-state index in [1.165, 1.54) is 24.1 Å². The molecule has 130 valence electrons. The molecule has 3 rings (SSSR count).